The van der Waals surface area contributed by atoms with Crippen molar-refractivity contribution in [3.8, 4) is 0 Å². The Kier molecular flexibility index (Phi) is 37.7. The van der Waals surface area contributed by atoms with Crippen molar-refractivity contribution in [2.45, 2.75) is 54.9 Å². The number of Topliss-reactive ketones (excluding diaryl/α,β-unsaturated/α-hetero) is 2. The Morgan fingerprint density at radius 2 is 1.48 bits per heavy atom. The van der Waals surface area contributed by atoms with E-state index in [0.717, 1.165) is 8.88 Å². The van der Waals surface area contributed by atoms with Crippen LogP contribution in [0.1, 0.15) is 59.3 Å². The molecule has 0 N–H and O–H groups in total. The summed E-state index contributed by atoms with van der Waals surface area (Å²) in [6.07, 6.45) is 6.07. The summed E-state index contributed by atoms with van der Waals surface area (Å²) >= 11 is 8.25. The van der Waals surface area contributed by atoms with Crippen LogP contribution in [0, 0.1) is 0 Å². The van der Waals surface area contributed by atoms with Crippen molar-refractivity contribution >= 4 is 48.8 Å². The maximum atomic E-state index is 10.7. The smallest absolute Gasteiger partial charge is 0.309 e. The first-order valence-electron chi connectivity index (χ1n) is 7.17. The minimum Gasteiger partial charge on any atom is -0.466 e. The van der Waals surface area contributed by atoms with Gasteiger partial charge in [0.2, 0.25) is 0 Å². The van der Waals surface area contributed by atoms with Crippen LogP contribution in [0.3, 0.4) is 0 Å². The SMILES string of the molecule is C.C.C=CCC(C)=O.CCOC(=O)C/C=C/CC(C)=O.S=S=S.[2HH].[2H][2H]. The van der Waals surface area contributed by atoms with E-state index in [2.05, 4.69) is 33.7 Å². The van der Waals surface area contributed by atoms with Crippen molar-refractivity contribution in [2.75, 3.05) is 6.61 Å². The van der Waals surface area contributed by atoms with E-state index >= 15 is 0 Å². The van der Waals surface area contributed by atoms with Crippen molar-refractivity contribution < 1.29 is 23.5 Å². The number of hydrogen-bond donors (Lipinski definition) is 0. The summed E-state index contributed by atoms with van der Waals surface area (Å²) in [6.45, 7) is 8.60. The van der Waals surface area contributed by atoms with Gasteiger partial charge in [-0.2, -0.15) is 0 Å². The second kappa shape index (κ2) is 29.0. The van der Waals surface area contributed by atoms with Crippen LogP contribution in [0.2, 0.25) is 0 Å². The van der Waals surface area contributed by atoms with Crippen molar-refractivity contribution in [1.29, 1.82) is 0 Å². The predicted octanol–water partition coefficient (Wildman–Crippen LogP) is 4.38. The lowest BCUT2D eigenvalue weighted by molar-refractivity contribution is -0.142. The number of carbonyl (C=O) groups excluding carboxylic acids is 3. The van der Waals surface area contributed by atoms with Gasteiger partial charge < -0.3 is 4.74 Å². The fourth-order valence-corrected chi connectivity index (χ4v) is 0.852. The van der Waals surface area contributed by atoms with Gasteiger partial charge >= 0.3 is 5.97 Å². The molecule has 0 saturated heterocycles. The van der Waals surface area contributed by atoms with Gasteiger partial charge in [0.15, 0.2) is 0 Å². The Labute approximate surface area is 158 Å². The molecule has 0 saturated carbocycles. The quantitative estimate of drug-likeness (QED) is 0.475. The molecule has 0 aromatic rings. The topological polar surface area (TPSA) is 60.4 Å². The van der Waals surface area contributed by atoms with Crippen molar-refractivity contribution in [2.24, 2.45) is 0 Å². The summed E-state index contributed by atoms with van der Waals surface area (Å²) < 4.78 is 14.7. The number of esters is 1. The molecule has 0 amide bonds. The largest absolute Gasteiger partial charge is 0.466 e. The van der Waals surface area contributed by atoms with E-state index in [9.17, 15) is 14.4 Å². The van der Waals surface area contributed by atoms with Gasteiger partial charge in [0.25, 0.3) is 0 Å². The molecule has 23 heavy (non-hydrogen) atoms. The molecule has 140 valence electrons. The third-order valence-electron chi connectivity index (χ3n) is 1.59. The predicted molar refractivity (Wildman–Crippen MR) is 111 cm³/mol. The number of ketones is 2. The van der Waals surface area contributed by atoms with E-state index in [4.69, 9.17) is 2.97 Å². The van der Waals surface area contributed by atoms with Gasteiger partial charge in [-0.1, -0.05) is 33.1 Å². The molecule has 0 unspecified atom stereocenters. The molecular formula is C16H34O4S3. The summed E-state index contributed by atoms with van der Waals surface area (Å²) in [6, 6.07) is 0. The highest BCUT2D eigenvalue weighted by molar-refractivity contribution is 8.37. The Balaban J connectivity index is -0.0000000442. The highest BCUT2D eigenvalue weighted by atomic mass is 33.1. The fourth-order valence-electron chi connectivity index (χ4n) is 0.852. The van der Waals surface area contributed by atoms with Crippen LogP contribution in [0.4, 0.5) is 0 Å². The van der Waals surface area contributed by atoms with Gasteiger partial charge in [-0.15, -0.1) is 6.58 Å². The molecule has 0 bridgehead atoms. The molecule has 0 fully saturated rings. The normalized spacial score (nSPS) is 8.13. The van der Waals surface area contributed by atoms with Crippen molar-refractivity contribution in [1.82, 2.24) is 0 Å². The summed E-state index contributed by atoms with van der Waals surface area (Å²) in [5, 5.41) is 0. The van der Waals surface area contributed by atoms with Gasteiger partial charge in [0.1, 0.15) is 11.6 Å². The van der Waals surface area contributed by atoms with E-state index in [1.807, 2.05) is 0 Å². The van der Waals surface area contributed by atoms with E-state index in [-0.39, 0.29) is 40.2 Å². The number of carbonyl (C=O) groups is 3. The second-order valence-electron chi connectivity index (χ2n) is 3.65. The van der Waals surface area contributed by atoms with Gasteiger partial charge in [-0.25, -0.2) is 0 Å². The Morgan fingerprint density at radius 3 is 1.74 bits per heavy atom. The molecule has 0 heterocycles. The standard InChI is InChI=1S/C9H14O3.C5H8O.2CH4.S3.2H2/c1-3-12-9(11)7-5-4-6-8(2)10;1-3-4-5(2)6;;;1-3-2;;/h4-5H,3,6-7H2,1-2H3;3H,1,4H2,2H3;2*1H4;;2*1H/b5-4+;;;;;;/i;;;;;1+1D;1+1. The summed E-state index contributed by atoms with van der Waals surface area (Å²) in [5.41, 5.74) is 0. The first kappa shape index (κ1) is 29.9. The number of rotatable bonds is 7. The van der Waals surface area contributed by atoms with E-state index in [0.29, 0.717) is 19.4 Å². The number of allylic oxidation sites excluding steroid dienone is 2. The molecule has 0 radical (unpaired) electrons. The second-order valence-corrected chi connectivity index (χ2v) is 5.42. The molecule has 0 aliphatic rings. The molecule has 0 aromatic heterocycles. The Morgan fingerprint density at radius 1 is 1.09 bits per heavy atom. The van der Waals surface area contributed by atoms with Gasteiger partial charge in [0.05, 0.1) is 13.0 Å². The van der Waals surface area contributed by atoms with E-state index in [1.165, 1.54) is 6.92 Å². The van der Waals surface area contributed by atoms with Gasteiger partial charge in [-0.05, 0) is 20.8 Å². The zero-order valence-corrected chi connectivity index (χ0v) is 15.1. The van der Waals surface area contributed by atoms with Crippen LogP contribution in [-0.4, -0.2) is 24.1 Å². The lowest BCUT2D eigenvalue weighted by Crippen LogP contribution is -2.01. The number of hydrogen-bond acceptors (Lipinski definition) is 6. The van der Waals surface area contributed by atoms with Crippen LogP contribution >= 0.6 is 0 Å². The molecule has 0 rings (SSSR count). The molecule has 0 aliphatic heterocycles. The van der Waals surface area contributed by atoms with Crippen LogP contribution in [0.25, 0.3) is 0 Å². The van der Waals surface area contributed by atoms with E-state index in [1.54, 1.807) is 32.1 Å². The molecule has 0 spiro atoms. The average Bonchev–Trinajstić information content (AvgIpc) is 2.47. The first-order chi connectivity index (χ1) is 10.8. The third kappa shape index (κ3) is 52.7. The molecule has 0 aromatic carbocycles. The molecule has 7 heteroatoms. The van der Waals surface area contributed by atoms with Crippen molar-refractivity contribution in [3.63, 3.8) is 0 Å². The van der Waals surface area contributed by atoms with Gasteiger partial charge in [0, 0.05) is 48.5 Å². The summed E-state index contributed by atoms with van der Waals surface area (Å²) in [4.78, 5) is 31.1. The highest BCUT2D eigenvalue weighted by Crippen LogP contribution is 1.91. The minimum atomic E-state index is -0.252. The van der Waals surface area contributed by atoms with Crippen LogP contribution < -0.4 is 0 Å². The number of ether oxygens (including phenoxy) is 1. The maximum absolute atomic E-state index is 10.7. The minimum absolute atomic E-state index is 0. The van der Waals surface area contributed by atoms with E-state index < -0.39 is 0 Å². The molecule has 0 aliphatic carbocycles. The summed E-state index contributed by atoms with van der Waals surface area (Å²) in [5.74, 6) is 0.0115. The Bertz CT molecular complexity index is 398. The summed E-state index contributed by atoms with van der Waals surface area (Å²) in [7, 11) is 0.917. The highest BCUT2D eigenvalue weighted by Gasteiger charge is 1.95. The van der Waals surface area contributed by atoms with Crippen LogP contribution in [-0.2, 0) is 50.4 Å². The molecule has 4 nitrogen and oxygen atoms in total. The Hall–Kier alpha value is -1.05. The lowest BCUT2D eigenvalue weighted by Gasteiger charge is -1.95. The monoisotopic (exact) mass is 389 g/mol. The lowest BCUT2D eigenvalue weighted by atomic mass is 10.3. The third-order valence-corrected chi connectivity index (χ3v) is 1.59. The van der Waals surface area contributed by atoms with Crippen molar-refractivity contribution in [3.05, 3.63) is 24.8 Å². The first-order valence-corrected chi connectivity index (χ1v) is 8.84. The van der Waals surface area contributed by atoms with Crippen LogP contribution in [0.5, 0.6) is 0 Å². The van der Waals surface area contributed by atoms with Crippen LogP contribution in [0.15, 0.2) is 24.8 Å². The zero-order valence-electron chi connectivity index (χ0n) is 14.6. The zero-order chi connectivity index (χ0) is 19.1. The maximum Gasteiger partial charge on any atom is 0.309 e. The van der Waals surface area contributed by atoms with Gasteiger partial charge in [-0.3, -0.25) is 14.4 Å². The fraction of sp³-hybridized carbons (Fsp3) is 0.562. The average molecular weight is 390 g/mol. The molecular weight excluding hydrogens is 352 g/mol. The molecule has 0 atom stereocenters.